The Labute approximate surface area is 43.9 Å². The maximum absolute atomic E-state index is 4.76. The summed E-state index contributed by atoms with van der Waals surface area (Å²) in [6.45, 7) is 3.23. The molecular formula is C7H3-. The minimum absolute atomic E-state index is 2.11. The van der Waals surface area contributed by atoms with Gasteiger partial charge in [-0.2, -0.15) is 6.92 Å². The van der Waals surface area contributed by atoms with Gasteiger partial charge in [-0.3, -0.25) is 5.92 Å². The van der Waals surface area contributed by atoms with E-state index in [1.807, 2.05) is 0 Å². The standard InChI is InChI=1S/C7H3/c1-3-5-7-6-4-2/h1H,2H2/q-1. The molecule has 0 spiro atoms. The normalized spacial score (nSPS) is 3.29. The minimum atomic E-state index is 2.11. The highest BCUT2D eigenvalue weighted by atomic mass is 13.5. The Bertz CT molecular complexity index is 182. The molecule has 0 saturated carbocycles. The third-order valence-electron chi connectivity index (χ3n) is 0.286. The van der Waals surface area contributed by atoms with Gasteiger partial charge in [0.1, 0.15) is 0 Å². The van der Waals surface area contributed by atoms with Crippen LogP contribution in [0.4, 0.5) is 0 Å². The van der Waals surface area contributed by atoms with Crippen LogP contribution < -0.4 is 0 Å². The van der Waals surface area contributed by atoms with E-state index >= 15 is 0 Å². The Morgan fingerprint density at radius 1 is 1.14 bits per heavy atom. The van der Waals surface area contributed by atoms with Gasteiger partial charge < -0.3 is 0 Å². The molecule has 0 saturated heterocycles. The fourth-order valence-electron chi connectivity index (χ4n) is 0.112. The Hall–Kier alpha value is -1.45. The smallest absolute Gasteiger partial charge is 0.0195 e. The van der Waals surface area contributed by atoms with Gasteiger partial charge in [-0.05, 0) is 11.8 Å². The molecule has 0 heterocycles. The van der Waals surface area contributed by atoms with Crippen molar-refractivity contribution >= 4 is 0 Å². The van der Waals surface area contributed by atoms with Gasteiger partial charge in [-0.25, -0.2) is 5.92 Å². The van der Waals surface area contributed by atoms with Crippen LogP contribution in [0, 0.1) is 42.9 Å². The average molecular weight is 87.1 g/mol. The monoisotopic (exact) mass is 87.0 g/mol. The average Bonchev–Trinajstić information content (AvgIpc) is 1.69. The van der Waals surface area contributed by atoms with Gasteiger partial charge in [0.05, 0.1) is 0 Å². The van der Waals surface area contributed by atoms with E-state index in [2.05, 4.69) is 36.5 Å². The molecular weight excluding hydrogens is 84.1 g/mol. The van der Waals surface area contributed by atoms with Gasteiger partial charge in [-0.1, -0.05) is 0 Å². The second-order valence-corrected chi connectivity index (χ2v) is 0.696. The van der Waals surface area contributed by atoms with Crippen molar-refractivity contribution < 1.29 is 0 Å². The molecule has 0 aromatic heterocycles. The van der Waals surface area contributed by atoms with Crippen LogP contribution in [0.3, 0.4) is 0 Å². The molecule has 0 aromatic carbocycles. The van der Waals surface area contributed by atoms with Gasteiger partial charge in [-0.15, -0.1) is 12.3 Å². The molecule has 0 aliphatic heterocycles. The minimum Gasteiger partial charge on any atom is -0.284 e. The lowest BCUT2D eigenvalue weighted by Crippen LogP contribution is -1.46. The van der Waals surface area contributed by atoms with E-state index in [9.17, 15) is 0 Å². The van der Waals surface area contributed by atoms with Crippen LogP contribution in [-0.4, -0.2) is 0 Å². The van der Waals surface area contributed by atoms with Crippen LogP contribution in [0.15, 0.2) is 0 Å². The quantitative estimate of drug-likeness (QED) is 0.297. The second kappa shape index (κ2) is 4.55. The van der Waals surface area contributed by atoms with Gasteiger partial charge >= 0.3 is 0 Å². The van der Waals surface area contributed by atoms with Crippen molar-refractivity contribution in [2.45, 2.75) is 0 Å². The Balaban J connectivity index is 3.68. The molecule has 7 heavy (non-hydrogen) atoms. The molecule has 0 unspecified atom stereocenters. The van der Waals surface area contributed by atoms with Crippen molar-refractivity contribution in [2.75, 3.05) is 0 Å². The van der Waals surface area contributed by atoms with E-state index in [4.69, 9.17) is 6.42 Å². The largest absolute Gasteiger partial charge is 0.284 e. The van der Waals surface area contributed by atoms with Crippen LogP contribution >= 0.6 is 0 Å². The molecule has 0 amide bonds. The molecule has 0 bridgehead atoms. The SMILES string of the molecule is C#CC#CC#C[CH2-]. The van der Waals surface area contributed by atoms with Crippen LogP contribution in [0.5, 0.6) is 0 Å². The first-order chi connectivity index (χ1) is 3.41. The van der Waals surface area contributed by atoms with E-state index in [0.717, 1.165) is 0 Å². The van der Waals surface area contributed by atoms with Crippen molar-refractivity contribution in [1.82, 2.24) is 0 Å². The van der Waals surface area contributed by atoms with Crippen LogP contribution in [-0.2, 0) is 0 Å². The maximum atomic E-state index is 4.76. The summed E-state index contributed by atoms with van der Waals surface area (Å²) in [7, 11) is 0. The molecule has 0 rings (SSSR count). The predicted molar refractivity (Wildman–Crippen MR) is 29.7 cm³/mol. The van der Waals surface area contributed by atoms with E-state index in [-0.39, 0.29) is 0 Å². The molecule has 32 valence electrons. The van der Waals surface area contributed by atoms with Gasteiger partial charge in [0.25, 0.3) is 0 Å². The molecule has 0 fully saturated rings. The van der Waals surface area contributed by atoms with E-state index in [0.29, 0.717) is 0 Å². The zero-order valence-electron chi connectivity index (χ0n) is 3.78. The summed E-state index contributed by atoms with van der Waals surface area (Å²) >= 11 is 0. The molecule has 0 N–H and O–H groups in total. The second-order valence-electron chi connectivity index (χ2n) is 0.696. The van der Waals surface area contributed by atoms with Gasteiger partial charge in [0, 0.05) is 0 Å². The first kappa shape index (κ1) is 5.55. The Morgan fingerprint density at radius 2 is 1.86 bits per heavy atom. The molecule has 0 nitrogen and oxygen atoms in total. The van der Waals surface area contributed by atoms with Crippen molar-refractivity contribution in [3.63, 3.8) is 0 Å². The number of hydrogen-bond acceptors (Lipinski definition) is 0. The fraction of sp³-hybridized carbons (Fsp3) is 0. The molecule has 0 aromatic rings. The topological polar surface area (TPSA) is 0 Å². The molecule has 0 radical (unpaired) electrons. The Morgan fingerprint density at radius 3 is 2.29 bits per heavy atom. The van der Waals surface area contributed by atoms with E-state index < -0.39 is 0 Å². The summed E-state index contributed by atoms with van der Waals surface area (Å²) in [6, 6.07) is 0. The summed E-state index contributed by atoms with van der Waals surface area (Å²) in [5.74, 6) is 11.5. The van der Waals surface area contributed by atoms with Crippen molar-refractivity contribution in [3.8, 4) is 36.0 Å². The number of hydrogen-bond donors (Lipinski definition) is 0. The molecule has 0 heteroatoms. The van der Waals surface area contributed by atoms with Crippen LogP contribution in [0.2, 0.25) is 0 Å². The van der Waals surface area contributed by atoms with Crippen LogP contribution in [0.25, 0.3) is 0 Å². The summed E-state index contributed by atoms with van der Waals surface area (Å²) in [4.78, 5) is 0. The van der Waals surface area contributed by atoms with E-state index in [1.165, 1.54) is 0 Å². The third-order valence-corrected chi connectivity index (χ3v) is 0.286. The molecule has 0 aliphatic carbocycles. The first-order valence-electron chi connectivity index (χ1n) is 1.64. The lowest BCUT2D eigenvalue weighted by atomic mass is 10.5. The first-order valence-corrected chi connectivity index (χ1v) is 1.64. The van der Waals surface area contributed by atoms with Gasteiger partial charge in [0.15, 0.2) is 0 Å². The number of rotatable bonds is 0. The lowest BCUT2D eigenvalue weighted by Gasteiger charge is -1.63. The highest BCUT2D eigenvalue weighted by Crippen LogP contribution is 1.48. The maximum Gasteiger partial charge on any atom is -0.0195 e. The summed E-state index contributed by atoms with van der Waals surface area (Å²) < 4.78 is 0. The fourth-order valence-corrected chi connectivity index (χ4v) is 0.112. The van der Waals surface area contributed by atoms with E-state index in [1.54, 1.807) is 0 Å². The van der Waals surface area contributed by atoms with Gasteiger partial charge in [0.2, 0.25) is 0 Å². The zero-order valence-corrected chi connectivity index (χ0v) is 3.78. The van der Waals surface area contributed by atoms with Crippen molar-refractivity contribution in [3.05, 3.63) is 6.92 Å². The lowest BCUT2D eigenvalue weighted by molar-refractivity contribution is 2.32. The summed E-state index contributed by atoms with van der Waals surface area (Å²) in [5.41, 5.74) is 0. The zero-order chi connectivity index (χ0) is 5.54. The summed E-state index contributed by atoms with van der Waals surface area (Å²) in [6.07, 6.45) is 4.76. The van der Waals surface area contributed by atoms with Crippen LogP contribution in [0.1, 0.15) is 0 Å². The molecule has 0 atom stereocenters. The molecule has 0 aliphatic rings. The number of terminal acetylenes is 1. The predicted octanol–water partition coefficient (Wildman–Crippen LogP) is 0.460. The summed E-state index contributed by atoms with van der Waals surface area (Å²) in [5, 5.41) is 0. The highest BCUT2D eigenvalue weighted by Gasteiger charge is 1.35. The Kier molecular flexibility index (Phi) is 3.61. The third kappa shape index (κ3) is 4.55. The highest BCUT2D eigenvalue weighted by molar-refractivity contribution is 5.34. The van der Waals surface area contributed by atoms with Crippen molar-refractivity contribution in [2.24, 2.45) is 0 Å². The van der Waals surface area contributed by atoms with Crippen molar-refractivity contribution in [1.29, 1.82) is 0 Å².